The van der Waals surface area contributed by atoms with Crippen molar-refractivity contribution >= 4 is 11.3 Å². The van der Waals surface area contributed by atoms with Crippen molar-refractivity contribution < 1.29 is 4.74 Å². The monoisotopic (exact) mass is 326 g/mol. The molecule has 0 unspecified atom stereocenters. The van der Waals surface area contributed by atoms with Crippen LogP contribution in [0.5, 0.6) is 0 Å². The molecule has 0 aliphatic carbocycles. The number of benzene rings is 1. The summed E-state index contributed by atoms with van der Waals surface area (Å²) in [5.41, 5.74) is 2.16. The van der Waals surface area contributed by atoms with Crippen LogP contribution in [0.2, 0.25) is 0 Å². The van der Waals surface area contributed by atoms with Crippen molar-refractivity contribution in [1.82, 2.24) is 19.9 Å². The van der Waals surface area contributed by atoms with Gasteiger partial charge in [-0.25, -0.2) is 9.97 Å². The van der Waals surface area contributed by atoms with Crippen LogP contribution in [0.15, 0.2) is 48.1 Å². The summed E-state index contributed by atoms with van der Waals surface area (Å²) in [6.07, 6.45) is 4.13. The number of ether oxygens (including phenoxy) is 1. The lowest BCUT2D eigenvalue weighted by atomic mass is 10.2. The molecule has 0 spiro atoms. The highest BCUT2D eigenvalue weighted by atomic mass is 32.1. The van der Waals surface area contributed by atoms with E-state index in [0.29, 0.717) is 6.61 Å². The first-order valence-electron chi connectivity index (χ1n) is 7.70. The number of nitrogens with one attached hydrogen (secondary N) is 1. The maximum absolute atomic E-state index is 5.91. The fourth-order valence-electron chi connectivity index (χ4n) is 2.74. The van der Waals surface area contributed by atoms with Crippen molar-refractivity contribution in [2.24, 2.45) is 0 Å². The largest absolute Gasteiger partial charge is 0.367 e. The Labute approximate surface area is 139 Å². The van der Waals surface area contributed by atoms with E-state index in [1.54, 1.807) is 11.3 Å². The number of hydrogen-bond donors (Lipinski definition) is 1. The zero-order chi connectivity index (χ0) is 15.5. The van der Waals surface area contributed by atoms with Crippen LogP contribution >= 0.6 is 11.3 Å². The summed E-state index contributed by atoms with van der Waals surface area (Å²) >= 11 is 1.67. The van der Waals surface area contributed by atoms with Crippen LogP contribution in [0.4, 0.5) is 0 Å². The number of thiazole rings is 1. The van der Waals surface area contributed by atoms with E-state index >= 15 is 0 Å². The molecule has 0 radical (unpaired) electrons. The van der Waals surface area contributed by atoms with Crippen molar-refractivity contribution in [1.29, 1.82) is 0 Å². The molecular formula is C17H18N4OS. The first-order valence-corrected chi connectivity index (χ1v) is 8.58. The van der Waals surface area contributed by atoms with Gasteiger partial charge in [-0.3, -0.25) is 0 Å². The molecule has 6 heteroatoms. The third kappa shape index (κ3) is 3.34. The van der Waals surface area contributed by atoms with Gasteiger partial charge < -0.3 is 14.6 Å². The smallest absolute Gasteiger partial charge is 0.135 e. The normalized spacial score (nSPS) is 17.1. The molecule has 0 fully saturated rings. The van der Waals surface area contributed by atoms with Crippen molar-refractivity contribution in [3.05, 3.63) is 58.9 Å². The summed E-state index contributed by atoms with van der Waals surface area (Å²) in [5.74, 6) is 1.00. The molecular weight excluding hydrogens is 308 g/mol. The Balaban J connectivity index is 1.38. The van der Waals surface area contributed by atoms with Gasteiger partial charge in [0.2, 0.25) is 0 Å². The number of hydrogen-bond acceptors (Lipinski definition) is 5. The van der Waals surface area contributed by atoms with Crippen molar-refractivity contribution in [2.45, 2.75) is 25.8 Å². The van der Waals surface area contributed by atoms with Gasteiger partial charge in [-0.1, -0.05) is 30.3 Å². The van der Waals surface area contributed by atoms with E-state index in [0.717, 1.165) is 41.7 Å². The Hall–Kier alpha value is -2.02. The van der Waals surface area contributed by atoms with Gasteiger partial charge in [0, 0.05) is 36.4 Å². The lowest BCUT2D eigenvalue weighted by Crippen LogP contribution is -2.35. The molecule has 0 saturated heterocycles. The average molecular weight is 326 g/mol. The molecule has 2 aromatic heterocycles. The Bertz CT molecular complexity index is 754. The van der Waals surface area contributed by atoms with E-state index in [4.69, 9.17) is 4.74 Å². The van der Waals surface area contributed by atoms with Crippen molar-refractivity contribution in [3.8, 4) is 11.3 Å². The fraction of sp³-hybridized carbons (Fsp3) is 0.294. The predicted octanol–water partition coefficient (Wildman–Crippen LogP) is 2.70. The van der Waals surface area contributed by atoms with E-state index in [-0.39, 0.29) is 6.10 Å². The molecule has 23 heavy (non-hydrogen) atoms. The summed E-state index contributed by atoms with van der Waals surface area (Å²) in [7, 11) is 0. The van der Waals surface area contributed by atoms with Gasteiger partial charge in [0.05, 0.1) is 18.3 Å². The maximum Gasteiger partial charge on any atom is 0.135 e. The summed E-state index contributed by atoms with van der Waals surface area (Å²) in [6, 6.07) is 10.3. The second-order valence-corrected chi connectivity index (χ2v) is 6.53. The average Bonchev–Trinajstić information content (AvgIpc) is 3.24. The van der Waals surface area contributed by atoms with E-state index in [1.165, 1.54) is 0 Å². The minimum Gasteiger partial charge on any atom is -0.367 e. The van der Waals surface area contributed by atoms with Gasteiger partial charge >= 0.3 is 0 Å². The minimum atomic E-state index is 0.167. The van der Waals surface area contributed by atoms with Crippen LogP contribution < -0.4 is 5.32 Å². The summed E-state index contributed by atoms with van der Waals surface area (Å²) in [6.45, 7) is 3.01. The minimum absolute atomic E-state index is 0.167. The lowest BCUT2D eigenvalue weighted by Gasteiger charge is -2.24. The van der Waals surface area contributed by atoms with Gasteiger partial charge in [0.15, 0.2) is 0 Å². The topological polar surface area (TPSA) is 52.0 Å². The Morgan fingerprint density at radius 3 is 3.04 bits per heavy atom. The third-order valence-corrected chi connectivity index (χ3v) is 4.69. The molecule has 0 bridgehead atoms. The highest BCUT2D eigenvalue weighted by Gasteiger charge is 2.21. The lowest BCUT2D eigenvalue weighted by molar-refractivity contribution is 0.00278. The molecule has 4 rings (SSSR count). The number of imidazole rings is 1. The van der Waals surface area contributed by atoms with Gasteiger partial charge in [0.1, 0.15) is 17.4 Å². The van der Waals surface area contributed by atoms with Crippen molar-refractivity contribution in [2.75, 3.05) is 6.54 Å². The summed E-state index contributed by atoms with van der Waals surface area (Å²) < 4.78 is 8.12. The first-order chi connectivity index (χ1) is 11.4. The third-order valence-electron chi connectivity index (χ3n) is 3.91. The number of fused-ring (bicyclic) bond motifs is 1. The first kappa shape index (κ1) is 14.6. The van der Waals surface area contributed by atoms with Gasteiger partial charge in [-0.05, 0) is 0 Å². The van der Waals surface area contributed by atoms with Crippen LogP contribution in [0.1, 0.15) is 10.8 Å². The number of rotatable bonds is 5. The van der Waals surface area contributed by atoms with Gasteiger partial charge in [-0.2, -0.15) is 0 Å². The van der Waals surface area contributed by atoms with Crippen LogP contribution in [-0.4, -0.2) is 27.2 Å². The van der Waals surface area contributed by atoms with Crippen LogP contribution in [0, 0.1) is 0 Å². The Morgan fingerprint density at radius 2 is 2.22 bits per heavy atom. The van der Waals surface area contributed by atoms with Crippen molar-refractivity contribution in [3.63, 3.8) is 0 Å². The number of aromatic nitrogens is 3. The molecule has 0 saturated carbocycles. The van der Waals surface area contributed by atoms with Crippen LogP contribution in [0.25, 0.3) is 11.3 Å². The molecule has 0 amide bonds. The second-order valence-electron chi connectivity index (χ2n) is 5.55. The molecule has 1 aliphatic rings. The van der Waals surface area contributed by atoms with Crippen LogP contribution in [-0.2, 0) is 24.4 Å². The zero-order valence-corrected chi connectivity index (χ0v) is 13.5. The van der Waals surface area contributed by atoms with E-state index in [1.807, 2.05) is 29.8 Å². The van der Waals surface area contributed by atoms with E-state index in [9.17, 15) is 0 Å². The molecule has 1 atom stereocenters. The molecule has 5 nitrogen and oxygen atoms in total. The quantitative estimate of drug-likeness (QED) is 0.783. The van der Waals surface area contributed by atoms with Crippen LogP contribution in [0.3, 0.4) is 0 Å². The molecule has 118 valence electrons. The zero-order valence-electron chi connectivity index (χ0n) is 12.7. The maximum atomic E-state index is 5.91. The molecule has 1 aliphatic heterocycles. The Morgan fingerprint density at radius 1 is 1.30 bits per heavy atom. The molecule has 3 aromatic rings. The molecule has 1 aromatic carbocycles. The van der Waals surface area contributed by atoms with Gasteiger partial charge in [0.25, 0.3) is 0 Å². The highest BCUT2D eigenvalue weighted by Crippen LogP contribution is 2.21. The fourth-order valence-corrected chi connectivity index (χ4v) is 3.33. The SMILES string of the molecule is c1ccc(-c2cn3c(n2)CO[C@@H](CNCc2nccs2)C3)cc1. The molecule has 1 N–H and O–H groups in total. The Kier molecular flexibility index (Phi) is 4.19. The van der Waals surface area contributed by atoms with Gasteiger partial charge in [-0.15, -0.1) is 11.3 Å². The van der Waals surface area contributed by atoms with E-state index < -0.39 is 0 Å². The standard InChI is InChI=1S/C17H18N4OS/c1-2-4-13(5-3-1)15-11-21-10-14(22-12-16(21)20-15)8-18-9-17-19-6-7-23-17/h1-7,11,14,18H,8-10,12H2/t14-/m0/s1. The predicted molar refractivity (Wildman–Crippen MR) is 90.1 cm³/mol. The number of nitrogens with zero attached hydrogens (tertiary/aromatic N) is 3. The summed E-state index contributed by atoms with van der Waals surface area (Å²) in [4.78, 5) is 8.96. The highest BCUT2D eigenvalue weighted by molar-refractivity contribution is 7.09. The van der Waals surface area contributed by atoms with E-state index in [2.05, 4.69) is 38.2 Å². The second kappa shape index (κ2) is 6.62. The summed E-state index contributed by atoms with van der Waals surface area (Å²) in [5, 5.41) is 6.52. The molecule has 3 heterocycles.